The van der Waals surface area contributed by atoms with Gasteiger partial charge in [-0.2, -0.15) is 0 Å². The highest BCUT2D eigenvalue weighted by Gasteiger charge is 2.37. The van der Waals surface area contributed by atoms with Gasteiger partial charge in [-0.05, 0) is 37.2 Å². The topological polar surface area (TPSA) is 63.6 Å². The molecule has 4 nitrogen and oxygen atoms in total. The van der Waals surface area contributed by atoms with E-state index in [1.165, 1.54) is 13.5 Å². The molecule has 0 aromatic heterocycles. The molecule has 0 heterocycles. The van der Waals surface area contributed by atoms with Gasteiger partial charge in [0.15, 0.2) is 5.78 Å². The molecule has 0 aromatic carbocycles. The molecule has 0 bridgehead atoms. The van der Waals surface area contributed by atoms with E-state index in [2.05, 4.69) is 11.7 Å². The van der Waals surface area contributed by atoms with Gasteiger partial charge in [0, 0.05) is 18.3 Å². The molecule has 2 rings (SSSR count). The van der Waals surface area contributed by atoms with E-state index in [4.69, 9.17) is 0 Å². The van der Waals surface area contributed by atoms with Gasteiger partial charge in [0.05, 0.1) is 13.2 Å². The first-order chi connectivity index (χ1) is 12.0. The van der Waals surface area contributed by atoms with E-state index in [1.807, 2.05) is 18.2 Å². The molecule has 0 aliphatic heterocycles. The van der Waals surface area contributed by atoms with Crippen molar-refractivity contribution in [2.75, 3.05) is 7.11 Å². The molecule has 0 unspecified atom stereocenters. The lowest BCUT2D eigenvalue weighted by atomic mass is 9.66. The van der Waals surface area contributed by atoms with Crippen LogP contribution in [0.1, 0.15) is 64.7 Å². The third-order valence-corrected chi connectivity index (χ3v) is 5.91. The lowest BCUT2D eigenvalue weighted by molar-refractivity contribution is -0.140. The first kappa shape index (κ1) is 19.9. The van der Waals surface area contributed by atoms with Crippen LogP contribution in [-0.2, 0) is 14.3 Å². The third-order valence-electron chi connectivity index (χ3n) is 5.91. The molecule has 1 fully saturated rings. The number of methoxy groups -OCH3 is 1. The van der Waals surface area contributed by atoms with E-state index in [0.717, 1.165) is 44.9 Å². The highest BCUT2D eigenvalue weighted by molar-refractivity contribution is 5.94. The van der Waals surface area contributed by atoms with Gasteiger partial charge in [-0.15, -0.1) is 0 Å². The monoisotopic (exact) mass is 348 g/mol. The molecule has 0 amide bonds. The van der Waals surface area contributed by atoms with Gasteiger partial charge < -0.3 is 9.84 Å². The molecule has 0 aromatic rings. The number of carbonyl (C=O) groups excluding carboxylic acids is 2. The van der Waals surface area contributed by atoms with Crippen molar-refractivity contribution in [3.05, 3.63) is 24.3 Å². The summed E-state index contributed by atoms with van der Waals surface area (Å²) in [6, 6.07) is 0. The van der Waals surface area contributed by atoms with Crippen molar-refractivity contribution in [2.45, 2.75) is 70.8 Å². The number of rotatable bonds is 10. The van der Waals surface area contributed by atoms with Crippen LogP contribution in [0.4, 0.5) is 0 Å². The van der Waals surface area contributed by atoms with Gasteiger partial charge in [0.25, 0.3) is 0 Å². The molecule has 2 aliphatic rings. The summed E-state index contributed by atoms with van der Waals surface area (Å²) in [4.78, 5) is 23.2. The molecule has 2 aliphatic carbocycles. The van der Waals surface area contributed by atoms with Crippen LogP contribution in [0.15, 0.2) is 24.3 Å². The molecule has 3 atom stereocenters. The Kier molecular flexibility index (Phi) is 7.42. The maximum atomic E-state index is 12.1. The summed E-state index contributed by atoms with van der Waals surface area (Å²) in [5, 5.41) is 10.3. The number of aliphatic hydroxyl groups is 1. The van der Waals surface area contributed by atoms with Gasteiger partial charge in [-0.1, -0.05) is 50.8 Å². The summed E-state index contributed by atoms with van der Waals surface area (Å²) in [6.07, 6.45) is 15.7. The van der Waals surface area contributed by atoms with Crippen LogP contribution >= 0.6 is 0 Å². The molecule has 0 spiro atoms. The van der Waals surface area contributed by atoms with E-state index >= 15 is 0 Å². The Morgan fingerprint density at radius 1 is 1.36 bits per heavy atom. The standard InChI is InChI=1S/C21H32O4/c1-21(14-7-15-21)19(23)13-11-16-10-12-18(22)17(16)8-5-3-4-6-9-20(24)25-2/h10-13,16-17,19,23H,3-9,14-15H2,1-2H3/b13-11+/t16-,17-,19+/m1/s1. The van der Waals surface area contributed by atoms with Crippen LogP contribution in [0.3, 0.4) is 0 Å². The largest absolute Gasteiger partial charge is 0.469 e. The van der Waals surface area contributed by atoms with Gasteiger partial charge in [0.2, 0.25) is 0 Å². The Balaban J connectivity index is 1.71. The van der Waals surface area contributed by atoms with Crippen LogP contribution in [0.5, 0.6) is 0 Å². The Bertz CT molecular complexity index is 516. The average Bonchev–Trinajstić information content (AvgIpc) is 2.93. The molecule has 0 radical (unpaired) electrons. The normalized spacial score (nSPS) is 26.0. The Labute approximate surface area is 151 Å². The maximum Gasteiger partial charge on any atom is 0.305 e. The number of ether oxygens (including phenoxy) is 1. The van der Waals surface area contributed by atoms with Gasteiger partial charge >= 0.3 is 5.97 Å². The highest BCUT2D eigenvalue weighted by Crippen LogP contribution is 2.44. The second-order valence-electron chi connectivity index (χ2n) is 7.81. The molecule has 4 heteroatoms. The average molecular weight is 348 g/mol. The van der Waals surface area contributed by atoms with Crippen molar-refractivity contribution in [2.24, 2.45) is 17.3 Å². The van der Waals surface area contributed by atoms with Crippen LogP contribution in [0, 0.1) is 17.3 Å². The first-order valence-electron chi connectivity index (χ1n) is 9.61. The SMILES string of the molecule is COC(=O)CCCCCC[C@H]1C(=O)C=C[C@@H]1/C=C/[C@H](O)C1(C)CCC1. The second kappa shape index (κ2) is 9.33. The fourth-order valence-corrected chi connectivity index (χ4v) is 3.77. The van der Waals surface area contributed by atoms with Gasteiger partial charge in [-0.25, -0.2) is 0 Å². The van der Waals surface area contributed by atoms with E-state index in [9.17, 15) is 14.7 Å². The summed E-state index contributed by atoms with van der Waals surface area (Å²) in [6.45, 7) is 2.13. The lowest BCUT2D eigenvalue weighted by Crippen LogP contribution is -2.37. The number of hydrogen-bond donors (Lipinski definition) is 1. The smallest absolute Gasteiger partial charge is 0.305 e. The van der Waals surface area contributed by atoms with Crippen LogP contribution in [0.2, 0.25) is 0 Å². The summed E-state index contributed by atoms with van der Waals surface area (Å²) >= 11 is 0. The van der Waals surface area contributed by atoms with E-state index in [-0.39, 0.29) is 29.0 Å². The second-order valence-corrected chi connectivity index (χ2v) is 7.81. The minimum Gasteiger partial charge on any atom is -0.469 e. The Morgan fingerprint density at radius 2 is 2.08 bits per heavy atom. The predicted molar refractivity (Wildman–Crippen MR) is 97.9 cm³/mol. The summed E-state index contributed by atoms with van der Waals surface area (Å²) in [7, 11) is 1.41. The minimum atomic E-state index is -0.413. The quantitative estimate of drug-likeness (QED) is 0.368. The summed E-state index contributed by atoms with van der Waals surface area (Å²) < 4.78 is 4.63. The van der Waals surface area contributed by atoms with Crippen molar-refractivity contribution >= 4 is 11.8 Å². The zero-order chi connectivity index (χ0) is 18.3. The maximum absolute atomic E-state index is 12.1. The number of unbranched alkanes of at least 4 members (excludes halogenated alkanes) is 3. The van der Waals surface area contributed by atoms with Gasteiger partial charge in [-0.3, -0.25) is 9.59 Å². The molecule has 1 saturated carbocycles. The zero-order valence-corrected chi connectivity index (χ0v) is 15.6. The third kappa shape index (κ3) is 5.53. The van der Waals surface area contributed by atoms with E-state index in [1.54, 1.807) is 6.08 Å². The van der Waals surface area contributed by atoms with Crippen LogP contribution in [-0.4, -0.2) is 30.1 Å². The van der Waals surface area contributed by atoms with Crippen LogP contribution < -0.4 is 0 Å². The molecular weight excluding hydrogens is 316 g/mol. The molecule has 1 N–H and O–H groups in total. The summed E-state index contributed by atoms with van der Waals surface area (Å²) in [5.74, 6) is 0.173. The van der Waals surface area contributed by atoms with E-state index in [0.29, 0.717) is 6.42 Å². The van der Waals surface area contributed by atoms with Crippen molar-refractivity contribution < 1.29 is 19.4 Å². The Hall–Kier alpha value is -1.42. The van der Waals surface area contributed by atoms with Crippen molar-refractivity contribution in [1.29, 1.82) is 0 Å². The highest BCUT2D eigenvalue weighted by atomic mass is 16.5. The van der Waals surface area contributed by atoms with Crippen molar-refractivity contribution in [1.82, 2.24) is 0 Å². The zero-order valence-electron chi connectivity index (χ0n) is 15.6. The summed E-state index contributed by atoms with van der Waals surface area (Å²) in [5.41, 5.74) is 0.0258. The number of aliphatic hydroxyl groups excluding tert-OH is 1. The number of hydrogen-bond acceptors (Lipinski definition) is 4. The molecule has 140 valence electrons. The van der Waals surface area contributed by atoms with Crippen molar-refractivity contribution in [3.63, 3.8) is 0 Å². The first-order valence-corrected chi connectivity index (χ1v) is 9.61. The molecular formula is C21H32O4. The number of allylic oxidation sites excluding steroid dienone is 3. The fraction of sp³-hybridized carbons (Fsp3) is 0.714. The molecule has 0 saturated heterocycles. The molecule has 25 heavy (non-hydrogen) atoms. The van der Waals surface area contributed by atoms with E-state index < -0.39 is 6.10 Å². The van der Waals surface area contributed by atoms with Crippen molar-refractivity contribution in [3.8, 4) is 0 Å². The minimum absolute atomic E-state index is 0.0123. The fourth-order valence-electron chi connectivity index (χ4n) is 3.77. The van der Waals surface area contributed by atoms with Crippen LogP contribution in [0.25, 0.3) is 0 Å². The number of esters is 1. The lowest BCUT2D eigenvalue weighted by Gasteiger charge is -2.41. The number of carbonyl (C=O) groups is 2. The van der Waals surface area contributed by atoms with Gasteiger partial charge in [0.1, 0.15) is 0 Å². The predicted octanol–water partition coefficient (Wildman–Crippen LogP) is 3.98. The Morgan fingerprint density at radius 3 is 2.72 bits per heavy atom. The number of ketones is 1.